The van der Waals surface area contributed by atoms with Crippen LogP contribution in [-0.4, -0.2) is 64.7 Å². The Morgan fingerprint density at radius 2 is 1.86 bits per heavy atom. The minimum Gasteiger partial charge on any atom is -0.497 e. The average molecular weight is 407 g/mol. The second kappa shape index (κ2) is 11.1. The Morgan fingerprint density at radius 1 is 1.18 bits per heavy atom. The Hall–Kier alpha value is -2.06. The quantitative estimate of drug-likeness (QED) is 0.533. The number of methoxy groups -OCH3 is 2. The van der Waals surface area contributed by atoms with Crippen LogP contribution in [-0.2, 0) is 9.53 Å². The number of rotatable bonds is 11. The Morgan fingerprint density at radius 3 is 2.43 bits per heavy atom. The maximum absolute atomic E-state index is 12.9. The zero-order valence-corrected chi connectivity index (χ0v) is 18.2. The molecule has 0 radical (unpaired) electrons. The second-order valence-corrected chi connectivity index (χ2v) is 7.34. The predicted molar refractivity (Wildman–Crippen MR) is 111 cm³/mol. The van der Waals surface area contributed by atoms with E-state index in [4.69, 9.17) is 9.47 Å². The Balaban J connectivity index is 2.13. The summed E-state index contributed by atoms with van der Waals surface area (Å²) in [6.45, 7) is 7.26. The van der Waals surface area contributed by atoms with Gasteiger partial charge in [0.25, 0.3) is 0 Å². The SMILES string of the molecule is CCC(CC)N(CCOC)C(=O)CSc1nnc(C)n1-c1ccc(OC)cc1. The zero-order valence-electron chi connectivity index (χ0n) is 17.3. The summed E-state index contributed by atoms with van der Waals surface area (Å²) in [6, 6.07) is 7.93. The highest BCUT2D eigenvalue weighted by Crippen LogP contribution is 2.24. The van der Waals surface area contributed by atoms with Gasteiger partial charge in [0.2, 0.25) is 5.91 Å². The highest BCUT2D eigenvalue weighted by molar-refractivity contribution is 7.99. The van der Waals surface area contributed by atoms with Crippen molar-refractivity contribution in [3.8, 4) is 11.4 Å². The number of hydrogen-bond donors (Lipinski definition) is 0. The maximum atomic E-state index is 12.9. The monoisotopic (exact) mass is 406 g/mol. The van der Waals surface area contributed by atoms with Crippen molar-refractivity contribution in [3.05, 3.63) is 30.1 Å². The third kappa shape index (κ3) is 5.48. The number of carbonyl (C=O) groups is 1. The van der Waals surface area contributed by atoms with Crippen LogP contribution in [0.1, 0.15) is 32.5 Å². The molecule has 0 atom stereocenters. The fraction of sp³-hybridized carbons (Fsp3) is 0.550. The van der Waals surface area contributed by atoms with Gasteiger partial charge in [-0.3, -0.25) is 9.36 Å². The number of carbonyl (C=O) groups excluding carboxylic acids is 1. The van der Waals surface area contributed by atoms with Gasteiger partial charge in [-0.25, -0.2) is 0 Å². The summed E-state index contributed by atoms with van der Waals surface area (Å²) < 4.78 is 12.4. The van der Waals surface area contributed by atoms with Crippen LogP contribution in [0.2, 0.25) is 0 Å². The Kier molecular flexibility index (Phi) is 8.79. The largest absolute Gasteiger partial charge is 0.497 e. The summed E-state index contributed by atoms with van der Waals surface area (Å²) in [5, 5.41) is 9.16. The van der Waals surface area contributed by atoms with Crippen LogP contribution < -0.4 is 4.74 Å². The molecule has 1 amide bonds. The molecular formula is C20H30N4O3S. The van der Waals surface area contributed by atoms with Crippen molar-refractivity contribution in [1.82, 2.24) is 19.7 Å². The molecule has 0 N–H and O–H groups in total. The summed E-state index contributed by atoms with van der Waals surface area (Å²) in [7, 11) is 3.30. The summed E-state index contributed by atoms with van der Waals surface area (Å²) >= 11 is 1.41. The molecule has 1 aromatic heterocycles. The average Bonchev–Trinajstić information content (AvgIpc) is 3.09. The molecular weight excluding hydrogens is 376 g/mol. The number of hydrogen-bond acceptors (Lipinski definition) is 6. The number of amides is 1. The van der Waals surface area contributed by atoms with Gasteiger partial charge in [-0.1, -0.05) is 25.6 Å². The van der Waals surface area contributed by atoms with Crippen LogP contribution in [0.4, 0.5) is 0 Å². The van der Waals surface area contributed by atoms with Gasteiger partial charge in [-0.2, -0.15) is 0 Å². The molecule has 0 unspecified atom stereocenters. The maximum Gasteiger partial charge on any atom is 0.233 e. The first kappa shape index (κ1) is 22.2. The van der Waals surface area contributed by atoms with E-state index in [1.807, 2.05) is 40.7 Å². The van der Waals surface area contributed by atoms with Crippen LogP contribution >= 0.6 is 11.8 Å². The predicted octanol–water partition coefficient (Wildman–Crippen LogP) is 3.34. The van der Waals surface area contributed by atoms with Gasteiger partial charge in [0.1, 0.15) is 11.6 Å². The lowest BCUT2D eigenvalue weighted by molar-refractivity contribution is -0.131. The molecule has 154 valence electrons. The van der Waals surface area contributed by atoms with Gasteiger partial charge < -0.3 is 14.4 Å². The molecule has 0 saturated heterocycles. The van der Waals surface area contributed by atoms with Crippen LogP contribution in [0.25, 0.3) is 5.69 Å². The first-order valence-electron chi connectivity index (χ1n) is 9.53. The van der Waals surface area contributed by atoms with E-state index in [2.05, 4.69) is 24.0 Å². The van der Waals surface area contributed by atoms with Crippen molar-refractivity contribution in [2.45, 2.75) is 44.8 Å². The third-order valence-electron chi connectivity index (χ3n) is 4.69. The fourth-order valence-corrected chi connectivity index (χ4v) is 3.99. The van der Waals surface area contributed by atoms with Crippen LogP contribution in [0, 0.1) is 6.92 Å². The summed E-state index contributed by atoms with van der Waals surface area (Å²) in [5.41, 5.74) is 0.939. The molecule has 0 aliphatic carbocycles. The van der Waals surface area contributed by atoms with Gasteiger partial charge in [-0.15, -0.1) is 10.2 Å². The van der Waals surface area contributed by atoms with E-state index >= 15 is 0 Å². The molecule has 0 aliphatic heterocycles. The topological polar surface area (TPSA) is 69.5 Å². The van der Waals surface area contributed by atoms with E-state index in [1.54, 1.807) is 14.2 Å². The molecule has 1 aromatic carbocycles. The number of aromatic nitrogens is 3. The van der Waals surface area contributed by atoms with E-state index in [1.165, 1.54) is 11.8 Å². The fourth-order valence-electron chi connectivity index (χ4n) is 3.10. The van der Waals surface area contributed by atoms with E-state index in [9.17, 15) is 4.79 Å². The van der Waals surface area contributed by atoms with Crippen molar-refractivity contribution in [2.75, 3.05) is 33.1 Å². The van der Waals surface area contributed by atoms with Gasteiger partial charge in [-0.05, 0) is 44.0 Å². The van der Waals surface area contributed by atoms with E-state index in [0.29, 0.717) is 24.1 Å². The molecule has 0 saturated carbocycles. The zero-order chi connectivity index (χ0) is 20.5. The smallest absolute Gasteiger partial charge is 0.233 e. The van der Waals surface area contributed by atoms with Crippen LogP contribution in [0.3, 0.4) is 0 Å². The van der Waals surface area contributed by atoms with Gasteiger partial charge >= 0.3 is 0 Å². The molecule has 1 heterocycles. The lowest BCUT2D eigenvalue weighted by Gasteiger charge is -2.30. The normalized spacial score (nSPS) is 11.1. The number of aryl methyl sites for hydroxylation is 1. The number of nitrogens with zero attached hydrogens (tertiary/aromatic N) is 4. The molecule has 8 heteroatoms. The lowest BCUT2D eigenvalue weighted by atomic mass is 10.1. The molecule has 0 aliphatic rings. The first-order chi connectivity index (χ1) is 13.5. The summed E-state index contributed by atoms with van der Waals surface area (Å²) in [5.74, 6) is 1.97. The minimum absolute atomic E-state index is 0.0951. The van der Waals surface area contributed by atoms with Crippen LogP contribution in [0.15, 0.2) is 29.4 Å². The molecule has 2 rings (SSSR count). The van der Waals surface area contributed by atoms with Crippen molar-refractivity contribution < 1.29 is 14.3 Å². The lowest BCUT2D eigenvalue weighted by Crippen LogP contribution is -2.42. The molecule has 2 aromatic rings. The second-order valence-electron chi connectivity index (χ2n) is 6.40. The Labute approximate surface area is 171 Å². The van der Waals surface area contributed by atoms with Crippen LogP contribution in [0.5, 0.6) is 5.75 Å². The highest BCUT2D eigenvalue weighted by atomic mass is 32.2. The Bertz CT molecular complexity index is 744. The summed E-state index contributed by atoms with van der Waals surface area (Å²) in [6.07, 6.45) is 1.86. The highest BCUT2D eigenvalue weighted by Gasteiger charge is 2.22. The third-order valence-corrected chi connectivity index (χ3v) is 5.60. The van der Waals surface area contributed by atoms with E-state index < -0.39 is 0 Å². The molecule has 0 bridgehead atoms. The van der Waals surface area contributed by atoms with E-state index in [0.717, 1.165) is 30.1 Å². The van der Waals surface area contributed by atoms with Gasteiger partial charge in [0.05, 0.1) is 19.5 Å². The van der Waals surface area contributed by atoms with Crippen molar-refractivity contribution in [1.29, 1.82) is 0 Å². The number of benzene rings is 1. The van der Waals surface area contributed by atoms with Crippen molar-refractivity contribution >= 4 is 17.7 Å². The number of ether oxygens (including phenoxy) is 2. The van der Waals surface area contributed by atoms with E-state index in [-0.39, 0.29) is 11.9 Å². The van der Waals surface area contributed by atoms with Crippen molar-refractivity contribution in [3.63, 3.8) is 0 Å². The summed E-state index contributed by atoms with van der Waals surface area (Å²) in [4.78, 5) is 14.8. The molecule has 28 heavy (non-hydrogen) atoms. The first-order valence-corrected chi connectivity index (χ1v) is 10.5. The minimum atomic E-state index is 0.0951. The molecule has 0 fully saturated rings. The van der Waals surface area contributed by atoms with Gasteiger partial charge in [0, 0.05) is 25.4 Å². The number of thioether (sulfide) groups is 1. The molecule has 7 nitrogen and oxygen atoms in total. The molecule has 0 spiro atoms. The van der Waals surface area contributed by atoms with Gasteiger partial charge in [0.15, 0.2) is 5.16 Å². The standard InChI is InChI=1S/C20H30N4O3S/c1-6-16(7-2)23(12-13-26-4)19(25)14-28-20-22-21-15(3)24(20)17-8-10-18(27-5)11-9-17/h8-11,16H,6-7,12-14H2,1-5H3. The van der Waals surface area contributed by atoms with Crippen molar-refractivity contribution in [2.24, 2.45) is 0 Å².